The normalized spacial score (nSPS) is 18.9. The first kappa shape index (κ1) is 15.8. The Balaban J connectivity index is 1.99. The van der Waals surface area contributed by atoms with Crippen molar-refractivity contribution in [3.63, 3.8) is 0 Å². The molecule has 1 N–H and O–H groups in total. The number of hydrogen-bond acceptors (Lipinski definition) is 2. The molecule has 1 aliphatic heterocycles. The number of carboxylic acid groups (broad SMARTS) is 1. The smallest absolute Gasteiger partial charge is 0.309 e. The zero-order valence-electron chi connectivity index (χ0n) is 11.5. The number of rotatable bonds is 4. The Morgan fingerprint density at radius 2 is 2.10 bits per heavy atom. The lowest BCUT2D eigenvalue weighted by Gasteiger charge is -2.38. The highest BCUT2D eigenvalue weighted by Gasteiger charge is 2.39. The molecule has 110 valence electrons. The maximum atomic E-state index is 11.4. The van der Waals surface area contributed by atoms with Crippen molar-refractivity contribution in [1.29, 1.82) is 0 Å². The van der Waals surface area contributed by atoms with E-state index in [0.717, 1.165) is 34.7 Å². The molecule has 20 heavy (non-hydrogen) atoms. The Hall–Kier alpha value is -0.580. The van der Waals surface area contributed by atoms with Crippen molar-refractivity contribution in [3.05, 3.63) is 33.3 Å². The molecule has 1 aromatic carbocycles. The van der Waals surface area contributed by atoms with Crippen LogP contribution in [0.15, 0.2) is 22.7 Å². The third-order valence-corrected chi connectivity index (χ3v) is 5.20. The molecule has 0 saturated carbocycles. The molecule has 0 atom stereocenters. The molecule has 1 fully saturated rings. The van der Waals surface area contributed by atoms with E-state index >= 15 is 0 Å². The predicted molar refractivity (Wildman–Crippen MR) is 84.0 cm³/mol. The second-order valence-corrected chi connectivity index (χ2v) is 6.77. The van der Waals surface area contributed by atoms with E-state index in [1.165, 1.54) is 0 Å². The predicted octanol–water partition coefficient (Wildman–Crippen LogP) is 4.18. The Kier molecular flexibility index (Phi) is 5.10. The summed E-state index contributed by atoms with van der Waals surface area (Å²) in [5, 5.41) is 10.1. The second-order valence-electron chi connectivity index (χ2n) is 5.45. The zero-order valence-corrected chi connectivity index (χ0v) is 13.9. The van der Waals surface area contributed by atoms with Gasteiger partial charge in [-0.2, -0.15) is 0 Å². The number of likely N-dealkylation sites (tertiary alicyclic amines) is 1. The van der Waals surface area contributed by atoms with Gasteiger partial charge in [0, 0.05) is 16.0 Å². The van der Waals surface area contributed by atoms with Crippen LogP contribution in [0.25, 0.3) is 0 Å². The van der Waals surface area contributed by atoms with Crippen LogP contribution in [0.2, 0.25) is 5.02 Å². The summed E-state index contributed by atoms with van der Waals surface area (Å²) in [6.45, 7) is 4.37. The van der Waals surface area contributed by atoms with Crippen LogP contribution in [0.3, 0.4) is 0 Å². The number of halogens is 2. The number of benzene rings is 1. The van der Waals surface area contributed by atoms with Gasteiger partial charge in [0.2, 0.25) is 0 Å². The number of carboxylic acids is 1. The third kappa shape index (κ3) is 3.35. The molecule has 1 aromatic rings. The minimum atomic E-state index is -0.652. The van der Waals surface area contributed by atoms with E-state index in [0.29, 0.717) is 19.3 Å². The molecule has 2 rings (SSSR count). The van der Waals surface area contributed by atoms with Crippen molar-refractivity contribution in [2.45, 2.75) is 32.7 Å². The summed E-state index contributed by atoms with van der Waals surface area (Å²) in [5.41, 5.74) is 0.564. The summed E-state index contributed by atoms with van der Waals surface area (Å²) in [7, 11) is 0. The first-order valence-corrected chi connectivity index (χ1v) is 8.03. The highest BCUT2D eigenvalue weighted by atomic mass is 79.9. The van der Waals surface area contributed by atoms with Gasteiger partial charge < -0.3 is 5.11 Å². The maximum Gasteiger partial charge on any atom is 0.309 e. The molecule has 0 radical (unpaired) electrons. The second kappa shape index (κ2) is 6.46. The number of nitrogens with zero attached hydrogens (tertiary/aromatic N) is 1. The van der Waals surface area contributed by atoms with E-state index in [4.69, 9.17) is 11.6 Å². The Morgan fingerprint density at radius 3 is 2.60 bits per heavy atom. The molecular formula is C15H19BrClNO2. The number of aliphatic carboxylic acids is 1. The summed E-state index contributed by atoms with van der Waals surface area (Å²) < 4.78 is 0.973. The fourth-order valence-electron chi connectivity index (χ4n) is 2.75. The van der Waals surface area contributed by atoms with Crippen molar-refractivity contribution in [3.8, 4) is 0 Å². The van der Waals surface area contributed by atoms with Crippen LogP contribution in [0.5, 0.6) is 0 Å². The van der Waals surface area contributed by atoms with Gasteiger partial charge >= 0.3 is 5.97 Å². The lowest BCUT2D eigenvalue weighted by atomic mass is 9.76. The van der Waals surface area contributed by atoms with Crippen molar-refractivity contribution >= 4 is 33.5 Å². The van der Waals surface area contributed by atoms with Crippen LogP contribution >= 0.6 is 27.5 Å². The maximum absolute atomic E-state index is 11.4. The van der Waals surface area contributed by atoms with Gasteiger partial charge in [0.05, 0.1) is 5.41 Å². The molecule has 3 nitrogen and oxygen atoms in total. The molecule has 1 heterocycles. The fourth-order valence-corrected chi connectivity index (χ4v) is 3.48. The van der Waals surface area contributed by atoms with Gasteiger partial charge in [-0.05, 0) is 50.0 Å². The van der Waals surface area contributed by atoms with Gasteiger partial charge in [-0.25, -0.2) is 0 Å². The molecule has 0 unspecified atom stereocenters. The van der Waals surface area contributed by atoms with Gasteiger partial charge in [-0.15, -0.1) is 0 Å². The lowest BCUT2D eigenvalue weighted by Crippen LogP contribution is -2.43. The summed E-state index contributed by atoms with van der Waals surface area (Å²) in [4.78, 5) is 13.7. The van der Waals surface area contributed by atoms with Crippen LogP contribution in [-0.4, -0.2) is 29.1 Å². The summed E-state index contributed by atoms with van der Waals surface area (Å²) in [6.07, 6.45) is 2.13. The Morgan fingerprint density at radius 1 is 1.45 bits per heavy atom. The molecule has 0 aromatic heterocycles. The van der Waals surface area contributed by atoms with Gasteiger partial charge in [0.1, 0.15) is 0 Å². The zero-order chi connectivity index (χ0) is 14.8. The first-order valence-electron chi connectivity index (χ1n) is 6.86. The summed E-state index contributed by atoms with van der Waals surface area (Å²) in [6, 6.07) is 5.90. The Bertz CT molecular complexity index is 499. The van der Waals surface area contributed by atoms with E-state index < -0.39 is 11.4 Å². The van der Waals surface area contributed by atoms with Gasteiger partial charge in [0.25, 0.3) is 0 Å². The standard InChI is InChI=1S/C15H19BrClNO2/c1-2-15(14(19)20)5-7-18(8-6-15)10-11-3-4-12(16)9-13(11)17/h3-4,9H,2,5-8,10H2,1H3,(H,19,20). The molecule has 1 aliphatic rings. The van der Waals surface area contributed by atoms with Gasteiger partial charge in [-0.1, -0.05) is 40.5 Å². The van der Waals surface area contributed by atoms with Crippen LogP contribution < -0.4 is 0 Å². The summed E-state index contributed by atoms with van der Waals surface area (Å²) >= 11 is 9.63. The molecular weight excluding hydrogens is 342 g/mol. The van der Waals surface area contributed by atoms with Crippen LogP contribution in [-0.2, 0) is 11.3 Å². The topological polar surface area (TPSA) is 40.5 Å². The van der Waals surface area contributed by atoms with Crippen LogP contribution in [0.1, 0.15) is 31.7 Å². The summed E-state index contributed by atoms with van der Waals surface area (Å²) in [5.74, 6) is -0.652. The lowest BCUT2D eigenvalue weighted by molar-refractivity contribution is -0.152. The largest absolute Gasteiger partial charge is 0.481 e. The van der Waals surface area contributed by atoms with E-state index in [-0.39, 0.29) is 0 Å². The van der Waals surface area contributed by atoms with Crippen molar-refractivity contribution in [2.75, 3.05) is 13.1 Å². The highest BCUT2D eigenvalue weighted by molar-refractivity contribution is 9.10. The highest BCUT2D eigenvalue weighted by Crippen LogP contribution is 2.36. The van der Waals surface area contributed by atoms with Gasteiger partial charge in [-0.3, -0.25) is 9.69 Å². The number of carbonyl (C=O) groups is 1. The molecule has 0 amide bonds. The van der Waals surface area contributed by atoms with Crippen molar-refractivity contribution in [2.24, 2.45) is 5.41 Å². The SMILES string of the molecule is CCC1(C(=O)O)CCN(Cc2ccc(Br)cc2Cl)CC1. The van der Waals surface area contributed by atoms with E-state index in [1.807, 2.05) is 25.1 Å². The molecule has 0 bridgehead atoms. The van der Waals surface area contributed by atoms with E-state index in [1.54, 1.807) is 0 Å². The van der Waals surface area contributed by atoms with Crippen LogP contribution in [0, 0.1) is 5.41 Å². The molecule has 0 spiro atoms. The Labute approximate surface area is 133 Å². The molecule has 0 aliphatic carbocycles. The minimum absolute atomic E-state index is 0.528. The average molecular weight is 361 g/mol. The van der Waals surface area contributed by atoms with Crippen molar-refractivity contribution < 1.29 is 9.90 Å². The third-order valence-electron chi connectivity index (χ3n) is 4.35. The average Bonchev–Trinajstić information content (AvgIpc) is 2.42. The molecule has 1 saturated heterocycles. The van der Waals surface area contributed by atoms with Crippen LogP contribution in [0.4, 0.5) is 0 Å². The van der Waals surface area contributed by atoms with Gasteiger partial charge in [0.15, 0.2) is 0 Å². The fraction of sp³-hybridized carbons (Fsp3) is 0.533. The van der Waals surface area contributed by atoms with E-state index in [9.17, 15) is 9.90 Å². The van der Waals surface area contributed by atoms with Crippen molar-refractivity contribution in [1.82, 2.24) is 4.90 Å². The molecule has 5 heteroatoms. The quantitative estimate of drug-likeness (QED) is 0.875. The van der Waals surface area contributed by atoms with E-state index in [2.05, 4.69) is 20.8 Å². The minimum Gasteiger partial charge on any atom is -0.481 e. The number of hydrogen-bond donors (Lipinski definition) is 1. The first-order chi connectivity index (χ1) is 9.47. The monoisotopic (exact) mass is 359 g/mol. The number of piperidine rings is 1.